The summed E-state index contributed by atoms with van der Waals surface area (Å²) in [7, 11) is 0. The molecule has 1 aliphatic rings. The van der Waals surface area contributed by atoms with Crippen LogP contribution in [-0.2, 0) is 9.59 Å². The standard InChI is InChI=1S/C15H18ClFN2O3/c16-11-8-10(4-5-12(11)17)19-14(21)13(20)18-9-15(22)6-2-1-3-7-15/h4-5,8,22H,1-3,6-7,9H2,(H,18,20)(H,19,21). The van der Waals surface area contributed by atoms with Crippen molar-refractivity contribution in [2.75, 3.05) is 11.9 Å². The quantitative estimate of drug-likeness (QED) is 0.744. The Balaban J connectivity index is 1.86. The second-order valence-corrected chi connectivity index (χ2v) is 5.96. The number of amides is 2. The highest BCUT2D eigenvalue weighted by molar-refractivity contribution is 6.39. The molecule has 0 aliphatic heterocycles. The number of hydrogen-bond donors (Lipinski definition) is 3. The molecule has 1 aromatic rings. The van der Waals surface area contributed by atoms with E-state index in [1.807, 2.05) is 0 Å². The van der Waals surface area contributed by atoms with E-state index in [1.165, 1.54) is 12.1 Å². The molecule has 0 heterocycles. The lowest BCUT2D eigenvalue weighted by Gasteiger charge is -2.31. The molecular weight excluding hydrogens is 311 g/mol. The fourth-order valence-corrected chi connectivity index (χ4v) is 2.65. The third-order valence-electron chi connectivity index (χ3n) is 3.75. The fraction of sp³-hybridized carbons (Fsp3) is 0.467. The molecule has 0 aromatic heterocycles. The summed E-state index contributed by atoms with van der Waals surface area (Å²) < 4.78 is 13.0. The fourth-order valence-electron chi connectivity index (χ4n) is 2.47. The van der Waals surface area contributed by atoms with Crippen molar-refractivity contribution >= 4 is 29.1 Å². The van der Waals surface area contributed by atoms with Gasteiger partial charge in [0.2, 0.25) is 0 Å². The van der Waals surface area contributed by atoms with E-state index in [4.69, 9.17) is 11.6 Å². The number of nitrogens with one attached hydrogen (secondary N) is 2. The highest BCUT2D eigenvalue weighted by Crippen LogP contribution is 2.27. The lowest BCUT2D eigenvalue weighted by molar-refractivity contribution is -0.137. The molecule has 22 heavy (non-hydrogen) atoms. The Morgan fingerprint density at radius 1 is 1.23 bits per heavy atom. The molecule has 0 bridgehead atoms. The number of anilines is 1. The molecule has 1 aliphatic carbocycles. The van der Waals surface area contributed by atoms with E-state index in [0.717, 1.165) is 25.3 Å². The van der Waals surface area contributed by atoms with Gasteiger partial charge in [0.05, 0.1) is 10.6 Å². The van der Waals surface area contributed by atoms with Gasteiger partial charge in [-0.2, -0.15) is 0 Å². The van der Waals surface area contributed by atoms with Gasteiger partial charge in [-0.05, 0) is 31.0 Å². The molecule has 1 fully saturated rings. The Morgan fingerprint density at radius 3 is 2.55 bits per heavy atom. The topological polar surface area (TPSA) is 78.4 Å². The van der Waals surface area contributed by atoms with Gasteiger partial charge in [0.25, 0.3) is 0 Å². The van der Waals surface area contributed by atoms with Crippen LogP contribution in [0.25, 0.3) is 0 Å². The van der Waals surface area contributed by atoms with Crippen LogP contribution in [-0.4, -0.2) is 29.1 Å². The number of rotatable bonds is 3. The van der Waals surface area contributed by atoms with Crippen molar-refractivity contribution < 1.29 is 19.1 Å². The average Bonchev–Trinajstić information content (AvgIpc) is 2.49. The largest absolute Gasteiger partial charge is 0.388 e. The third-order valence-corrected chi connectivity index (χ3v) is 4.04. The first-order chi connectivity index (χ1) is 10.4. The van der Waals surface area contributed by atoms with Crippen LogP contribution in [0.5, 0.6) is 0 Å². The van der Waals surface area contributed by atoms with Crippen LogP contribution in [0.2, 0.25) is 5.02 Å². The highest BCUT2D eigenvalue weighted by Gasteiger charge is 2.30. The normalized spacial score (nSPS) is 16.9. The Labute approximate surface area is 132 Å². The van der Waals surface area contributed by atoms with Crippen LogP contribution < -0.4 is 10.6 Å². The van der Waals surface area contributed by atoms with Gasteiger partial charge < -0.3 is 15.7 Å². The lowest BCUT2D eigenvalue weighted by atomic mass is 9.85. The van der Waals surface area contributed by atoms with Crippen molar-refractivity contribution in [3.63, 3.8) is 0 Å². The van der Waals surface area contributed by atoms with E-state index < -0.39 is 23.2 Å². The predicted molar refractivity (Wildman–Crippen MR) is 81.1 cm³/mol. The van der Waals surface area contributed by atoms with E-state index in [9.17, 15) is 19.1 Å². The minimum atomic E-state index is -0.937. The zero-order valence-electron chi connectivity index (χ0n) is 12.0. The molecule has 0 atom stereocenters. The summed E-state index contributed by atoms with van der Waals surface area (Å²) in [5, 5.41) is 14.9. The summed E-state index contributed by atoms with van der Waals surface area (Å²) in [5.74, 6) is -2.34. The molecule has 120 valence electrons. The molecule has 7 heteroatoms. The lowest BCUT2D eigenvalue weighted by Crippen LogP contribution is -2.47. The van der Waals surface area contributed by atoms with Crippen LogP contribution in [0.3, 0.4) is 0 Å². The van der Waals surface area contributed by atoms with Crippen molar-refractivity contribution in [3.8, 4) is 0 Å². The first kappa shape index (κ1) is 16.7. The van der Waals surface area contributed by atoms with E-state index in [0.29, 0.717) is 12.8 Å². The Bertz CT molecular complexity index is 574. The molecule has 0 saturated heterocycles. The molecule has 0 unspecified atom stereocenters. The molecule has 0 spiro atoms. The highest BCUT2D eigenvalue weighted by atomic mass is 35.5. The van der Waals surface area contributed by atoms with Crippen LogP contribution >= 0.6 is 11.6 Å². The van der Waals surface area contributed by atoms with Gasteiger partial charge >= 0.3 is 11.8 Å². The van der Waals surface area contributed by atoms with Crippen molar-refractivity contribution in [2.24, 2.45) is 0 Å². The average molecular weight is 329 g/mol. The molecule has 1 aromatic carbocycles. The number of halogens is 2. The number of hydrogen-bond acceptors (Lipinski definition) is 3. The smallest absolute Gasteiger partial charge is 0.313 e. The minimum absolute atomic E-state index is 0.0451. The monoisotopic (exact) mass is 328 g/mol. The summed E-state index contributed by atoms with van der Waals surface area (Å²) >= 11 is 5.60. The number of benzene rings is 1. The van der Waals surface area contributed by atoms with E-state index >= 15 is 0 Å². The van der Waals surface area contributed by atoms with Crippen molar-refractivity contribution in [3.05, 3.63) is 29.0 Å². The van der Waals surface area contributed by atoms with Gasteiger partial charge in [0.15, 0.2) is 0 Å². The number of carbonyl (C=O) groups excluding carboxylic acids is 2. The number of aliphatic hydroxyl groups is 1. The molecule has 1 saturated carbocycles. The van der Waals surface area contributed by atoms with Crippen LogP contribution in [0.15, 0.2) is 18.2 Å². The molecule has 3 N–H and O–H groups in total. The Hall–Kier alpha value is -1.66. The molecule has 2 rings (SSSR count). The summed E-state index contributed by atoms with van der Waals surface area (Å²) in [4.78, 5) is 23.5. The SMILES string of the molecule is O=C(NCC1(O)CCCCC1)C(=O)Nc1ccc(F)c(Cl)c1. The maximum atomic E-state index is 13.0. The zero-order valence-corrected chi connectivity index (χ0v) is 12.8. The maximum Gasteiger partial charge on any atom is 0.313 e. The van der Waals surface area contributed by atoms with Crippen molar-refractivity contribution in [1.29, 1.82) is 0 Å². The van der Waals surface area contributed by atoms with Crippen molar-refractivity contribution in [1.82, 2.24) is 5.32 Å². The summed E-state index contributed by atoms with van der Waals surface area (Å²) in [5.41, 5.74) is -0.712. The van der Waals surface area contributed by atoms with Gasteiger partial charge in [0.1, 0.15) is 5.82 Å². The van der Waals surface area contributed by atoms with Gasteiger partial charge in [-0.3, -0.25) is 9.59 Å². The van der Waals surface area contributed by atoms with Crippen molar-refractivity contribution in [2.45, 2.75) is 37.7 Å². The van der Waals surface area contributed by atoms with Gasteiger partial charge in [0, 0.05) is 12.2 Å². The second kappa shape index (κ2) is 7.07. The molecule has 2 amide bonds. The maximum absolute atomic E-state index is 13.0. The summed E-state index contributed by atoms with van der Waals surface area (Å²) in [6.07, 6.45) is 4.12. The molecule has 5 nitrogen and oxygen atoms in total. The van der Waals surface area contributed by atoms with Crippen LogP contribution in [0.1, 0.15) is 32.1 Å². The van der Waals surface area contributed by atoms with E-state index in [1.54, 1.807) is 0 Å². The van der Waals surface area contributed by atoms with Gasteiger partial charge in [-0.25, -0.2) is 4.39 Å². The van der Waals surface area contributed by atoms with E-state index in [2.05, 4.69) is 10.6 Å². The first-order valence-corrected chi connectivity index (χ1v) is 7.54. The van der Waals surface area contributed by atoms with E-state index in [-0.39, 0.29) is 17.3 Å². The summed E-state index contributed by atoms with van der Waals surface area (Å²) in [6.45, 7) is 0.0451. The van der Waals surface area contributed by atoms with Crippen LogP contribution in [0.4, 0.5) is 10.1 Å². The van der Waals surface area contributed by atoms with Gasteiger partial charge in [-0.1, -0.05) is 30.9 Å². The predicted octanol–water partition coefficient (Wildman–Crippen LogP) is 2.23. The number of carbonyl (C=O) groups is 2. The van der Waals surface area contributed by atoms with Crippen LogP contribution in [0, 0.1) is 5.82 Å². The minimum Gasteiger partial charge on any atom is -0.388 e. The zero-order chi connectivity index (χ0) is 16.2. The molecular formula is C15H18ClFN2O3. The first-order valence-electron chi connectivity index (χ1n) is 7.16. The second-order valence-electron chi connectivity index (χ2n) is 5.55. The summed E-state index contributed by atoms with van der Waals surface area (Å²) in [6, 6.07) is 3.62. The van der Waals surface area contributed by atoms with Gasteiger partial charge in [-0.15, -0.1) is 0 Å². The third kappa shape index (κ3) is 4.42. The molecule has 0 radical (unpaired) electrons. The Morgan fingerprint density at radius 2 is 1.91 bits per heavy atom. The Kier molecular flexibility index (Phi) is 5.37.